The lowest BCUT2D eigenvalue weighted by atomic mass is 10.0. The molecule has 1 unspecified atom stereocenters. The standard InChI is InChI=1S/C39H28N3OP/c1-2-37-40-38-29(26-20-22-27(23-21-26)41-32-16-8-6-14-30(32)31-15-7-9-17-33(31)41)24-25-36-39(38)42(37)34-18-10-11-19-35(34)44(36,43)28-12-4-3-5-13-28/h3-25H,2H2,1H3. The van der Waals surface area contributed by atoms with Crippen LogP contribution in [0.25, 0.3) is 55.3 Å². The molecular formula is C39H28N3OP. The molecule has 4 nitrogen and oxygen atoms in total. The van der Waals surface area contributed by atoms with Crippen molar-refractivity contribution in [2.24, 2.45) is 0 Å². The summed E-state index contributed by atoms with van der Waals surface area (Å²) in [6.07, 6.45) is 0.768. The highest BCUT2D eigenvalue weighted by atomic mass is 31.2. The van der Waals surface area contributed by atoms with Gasteiger partial charge in [0.15, 0.2) is 7.14 Å². The summed E-state index contributed by atoms with van der Waals surface area (Å²) in [5.74, 6) is 0.974. The SMILES string of the molecule is CCc1nc2c(-c3ccc(-n4c5ccccc5c5ccccc54)cc3)ccc3c2n1-c1ccccc1P3(=O)c1ccccc1. The second-order valence-corrected chi connectivity index (χ2v) is 14.1. The van der Waals surface area contributed by atoms with Gasteiger partial charge >= 0.3 is 0 Å². The Hall–Kier alpha value is -5.18. The van der Waals surface area contributed by atoms with Gasteiger partial charge < -0.3 is 9.13 Å². The first-order valence-electron chi connectivity index (χ1n) is 15.1. The molecule has 8 aromatic rings. The molecule has 1 aliphatic rings. The van der Waals surface area contributed by atoms with Crippen LogP contribution in [0.5, 0.6) is 0 Å². The summed E-state index contributed by atoms with van der Waals surface area (Å²) < 4.78 is 19.9. The third-order valence-electron chi connectivity index (χ3n) is 9.11. The molecule has 0 fully saturated rings. The van der Waals surface area contributed by atoms with Gasteiger partial charge in [-0.1, -0.05) is 104 Å². The van der Waals surface area contributed by atoms with E-state index < -0.39 is 7.14 Å². The molecule has 1 atom stereocenters. The maximum atomic E-state index is 15.4. The van der Waals surface area contributed by atoms with Gasteiger partial charge in [-0.15, -0.1) is 0 Å². The van der Waals surface area contributed by atoms with Crippen molar-refractivity contribution in [2.75, 3.05) is 0 Å². The van der Waals surface area contributed by atoms with Crippen molar-refractivity contribution in [3.63, 3.8) is 0 Å². The highest BCUT2D eigenvalue weighted by Gasteiger charge is 2.40. The first kappa shape index (κ1) is 25.3. The van der Waals surface area contributed by atoms with Crippen LogP contribution in [-0.2, 0) is 11.0 Å². The van der Waals surface area contributed by atoms with Crippen LogP contribution in [0.15, 0.2) is 140 Å². The minimum atomic E-state index is -3.12. The first-order valence-corrected chi connectivity index (χ1v) is 16.8. The lowest BCUT2D eigenvalue weighted by Crippen LogP contribution is -2.33. The number of nitrogens with zero attached hydrogens (tertiary/aromatic N) is 3. The molecule has 0 spiro atoms. The first-order chi connectivity index (χ1) is 21.7. The molecule has 0 bridgehead atoms. The Labute approximate surface area is 255 Å². The van der Waals surface area contributed by atoms with Gasteiger partial charge in [0.1, 0.15) is 5.82 Å². The molecule has 0 saturated carbocycles. The molecule has 1 aliphatic heterocycles. The molecule has 3 heterocycles. The molecule has 6 aromatic carbocycles. The molecule has 0 amide bonds. The number of aromatic nitrogens is 3. The van der Waals surface area contributed by atoms with E-state index in [1.807, 2.05) is 48.5 Å². The summed E-state index contributed by atoms with van der Waals surface area (Å²) in [5.41, 5.74) is 8.44. The van der Waals surface area contributed by atoms with Crippen molar-refractivity contribution < 1.29 is 4.57 Å². The van der Waals surface area contributed by atoms with E-state index in [0.717, 1.165) is 61.7 Å². The fraction of sp³-hybridized carbons (Fsp3) is 0.0513. The molecule has 9 rings (SSSR count). The number of rotatable bonds is 4. The molecule has 0 N–H and O–H groups in total. The van der Waals surface area contributed by atoms with Crippen LogP contribution < -0.4 is 15.9 Å². The summed E-state index contributed by atoms with van der Waals surface area (Å²) >= 11 is 0. The van der Waals surface area contributed by atoms with Crippen molar-refractivity contribution in [2.45, 2.75) is 13.3 Å². The van der Waals surface area contributed by atoms with Gasteiger partial charge in [0, 0.05) is 44.4 Å². The van der Waals surface area contributed by atoms with Gasteiger partial charge in [-0.05, 0) is 48.0 Å². The normalized spacial score (nSPS) is 15.7. The van der Waals surface area contributed by atoms with Crippen LogP contribution in [0.4, 0.5) is 0 Å². The minimum Gasteiger partial charge on any atom is -0.309 e. The van der Waals surface area contributed by atoms with E-state index in [1.54, 1.807) is 0 Å². The zero-order valence-corrected chi connectivity index (χ0v) is 25.1. The van der Waals surface area contributed by atoms with Gasteiger partial charge in [-0.2, -0.15) is 0 Å². The van der Waals surface area contributed by atoms with Crippen LogP contribution in [0, 0.1) is 0 Å². The van der Waals surface area contributed by atoms with Crippen molar-refractivity contribution in [3.8, 4) is 22.5 Å². The molecule has 210 valence electrons. The number of benzene rings is 6. The van der Waals surface area contributed by atoms with Crippen LogP contribution >= 0.6 is 7.14 Å². The molecule has 5 heteroatoms. The van der Waals surface area contributed by atoms with E-state index >= 15 is 4.57 Å². The molecule has 0 saturated heterocycles. The summed E-state index contributed by atoms with van der Waals surface area (Å²) in [6, 6.07) is 48.2. The predicted octanol–water partition coefficient (Wildman–Crippen LogP) is 8.30. The van der Waals surface area contributed by atoms with Crippen LogP contribution in [0.1, 0.15) is 12.7 Å². The number of para-hydroxylation sites is 3. The zero-order valence-electron chi connectivity index (χ0n) is 24.2. The Morgan fingerprint density at radius 1 is 0.614 bits per heavy atom. The quantitative estimate of drug-likeness (QED) is 0.195. The summed E-state index contributed by atoms with van der Waals surface area (Å²) in [7, 11) is -3.12. The van der Waals surface area contributed by atoms with E-state index in [9.17, 15) is 0 Å². The maximum absolute atomic E-state index is 15.4. The van der Waals surface area contributed by atoms with E-state index in [4.69, 9.17) is 4.98 Å². The highest BCUT2D eigenvalue weighted by molar-refractivity contribution is 7.86. The van der Waals surface area contributed by atoms with Gasteiger partial charge in [-0.25, -0.2) is 4.98 Å². The molecule has 44 heavy (non-hydrogen) atoms. The third-order valence-corrected chi connectivity index (χ3v) is 12.2. The fourth-order valence-corrected chi connectivity index (χ4v) is 10.1. The van der Waals surface area contributed by atoms with E-state index in [2.05, 4.69) is 107 Å². The topological polar surface area (TPSA) is 39.8 Å². The highest BCUT2D eigenvalue weighted by Crippen LogP contribution is 2.50. The van der Waals surface area contributed by atoms with Crippen molar-refractivity contribution >= 4 is 55.9 Å². The lowest BCUT2D eigenvalue weighted by molar-refractivity contribution is 0.592. The summed E-state index contributed by atoms with van der Waals surface area (Å²) in [5, 5.41) is 5.08. The smallest absolute Gasteiger partial charge is 0.175 e. The van der Waals surface area contributed by atoms with Gasteiger partial charge in [-0.3, -0.25) is 4.57 Å². The van der Waals surface area contributed by atoms with Crippen LogP contribution in [0.2, 0.25) is 0 Å². The summed E-state index contributed by atoms with van der Waals surface area (Å²) in [6.45, 7) is 2.14. The summed E-state index contributed by atoms with van der Waals surface area (Å²) in [4.78, 5) is 5.23. The number of hydrogen-bond acceptors (Lipinski definition) is 2. The number of hydrogen-bond donors (Lipinski definition) is 0. The average Bonchev–Trinajstić information content (AvgIpc) is 3.64. The number of fused-ring (bicyclic) bond motifs is 5. The maximum Gasteiger partial charge on any atom is 0.175 e. The second kappa shape index (κ2) is 9.41. The van der Waals surface area contributed by atoms with E-state index in [1.165, 1.54) is 21.8 Å². The Balaban J connectivity index is 1.27. The monoisotopic (exact) mass is 585 g/mol. The van der Waals surface area contributed by atoms with Gasteiger partial charge in [0.05, 0.1) is 27.8 Å². The zero-order chi connectivity index (χ0) is 29.4. The largest absolute Gasteiger partial charge is 0.309 e. The number of imidazole rings is 1. The third kappa shape index (κ3) is 3.35. The van der Waals surface area contributed by atoms with Crippen LogP contribution in [-0.4, -0.2) is 14.1 Å². The Bertz CT molecular complexity index is 2400. The lowest BCUT2D eigenvalue weighted by Gasteiger charge is -2.29. The van der Waals surface area contributed by atoms with E-state index in [-0.39, 0.29) is 0 Å². The number of aryl methyl sites for hydroxylation is 1. The van der Waals surface area contributed by atoms with Crippen molar-refractivity contribution in [3.05, 3.63) is 145 Å². The molecule has 0 aliphatic carbocycles. The molecule has 0 radical (unpaired) electrons. The fourth-order valence-electron chi connectivity index (χ4n) is 7.15. The Morgan fingerprint density at radius 2 is 1.25 bits per heavy atom. The Kier molecular flexibility index (Phi) is 5.42. The molecule has 2 aromatic heterocycles. The molecular weight excluding hydrogens is 557 g/mol. The second-order valence-electron chi connectivity index (χ2n) is 11.4. The average molecular weight is 586 g/mol. The predicted molar refractivity (Wildman–Crippen MR) is 183 cm³/mol. The van der Waals surface area contributed by atoms with Gasteiger partial charge in [0.2, 0.25) is 0 Å². The van der Waals surface area contributed by atoms with Gasteiger partial charge in [0.25, 0.3) is 0 Å². The minimum absolute atomic E-state index is 0.768. The Morgan fingerprint density at radius 3 is 1.95 bits per heavy atom. The van der Waals surface area contributed by atoms with Crippen molar-refractivity contribution in [1.82, 2.24) is 14.1 Å². The van der Waals surface area contributed by atoms with E-state index in [0.29, 0.717) is 0 Å². The van der Waals surface area contributed by atoms with Crippen LogP contribution in [0.3, 0.4) is 0 Å². The van der Waals surface area contributed by atoms with Crippen molar-refractivity contribution in [1.29, 1.82) is 0 Å².